The Labute approximate surface area is 132 Å². The molecule has 1 amide bonds. The van der Waals surface area contributed by atoms with Crippen LogP contribution >= 0.6 is 22.9 Å². The number of hydrogen-bond donors (Lipinski definition) is 2. The largest absolute Gasteiger partial charge is 0.351 e. The number of carbonyl (C=O) groups excluding carboxylic acids is 1. The predicted molar refractivity (Wildman–Crippen MR) is 83.3 cm³/mol. The Morgan fingerprint density at radius 1 is 1.19 bits per heavy atom. The van der Waals surface area contributed by atoms with Gasteiger partial charge in [0.15, 0.2) is 0 Å². The fourth-order valence-corrected chi connectivity index (χ4v) is 3.84. The van der Waals surface area contributed by atoms with E-state index in [1.54, 1.807) is 35.7 Å². The molecule has 8 heteroatoms. The summed E-state index contributed by atoms with van der Waals surface area (Å²) in [5.74, 6) is -0.298. The van der Waals surface area contributed by atoms with Gasteiger partial charge in [-0.15, -0.1) is 11.3 Å². The highest BCUT2D eigenvalue weighted by Crippen LogP contribution is 2.14. The van der Waals surface area contributed by atoms with Crippen molar-refractivity contribution in [2.45, 2.75) is 4.21 Å². The molecule has 1 heterocycles. The molecule has 1 aromatic heterocycles. The maximum atomic E-state index is 11.8. The molecule has 2 aromatic rings. The summed E-state index contributed by atoms with van der Waals surface area (Å²) in [6, 6.07) is 9.73. The van der Waals surface area contributed by atoms with Crippen molar-refractivity contribution < 1.29 is 13.2 Å². The zero-order valence-electron chi connectivity index (χ0n) is 10.9. The highest BCUT2D eigenvalue weighted by atomic mass is 35.5. The van der Waals surface area contributed by atoms with Crippen LogP contribution in [0.2, 0.25) is 5.02 Å². The van der Waals surface area contributed by atoms with Gasteiger partial charge in [0.1, 0.15) is 4.21 Å². The van der Waals surface area contributed by atoms with Gasteiger partial charge in [-0.3, -0.25) is 4.79 Å². The molecule has 0 aliphatic rings. The van der Waals surface area contributed by atoms with Crippen molar-refractivity contribution in [3.05, 3.63) is 52.4 Å². The molecule has 0 fully saturated rings. The molecule has 5 nitrogen and oxygen atoms in total. The maximum Gasteiger partial charge on any atom is 0.251 e. The van der Waals surface area contributed by atoms with Crippen LogP contribution in [0.5, 0.6) is 0 Å². The van der Waals surface area contributed by atoms with Gasteiger partial charge in [0.25, 0.3) is 5.91 Å². The second-order valence-electron chi connectivity index (χ2n) is 4.10. The van der Waals surface area contributed by atoms with Gasteiger partial charge < -0.3 is 5.32 Å². The van der Waals surface area contributed by atoms with Gasteiger partial charge in [-0.05, 0) is 29.6 Å². The standard InChI is InChI=1S/C13H13ClN2O3S2/c14-11-4-1-3-10(9-11)13(17)15-6-7-16-21(18,19)12-5-2-8-20-12/h1-5,8-9,16H,6-7H2,(H,15,17). The number of rotatable bonds is 6. The van der Waals surface area contributed by atoms with Crippen LogP contribution < -0.4 is 10.0 Å². The Morgan fingerprint density at radius 2 is 2.00 bits per heavy atom. The smallest absolute Gasteiger partial charge is 0.251 e. The molecule has 21 heavy (non-hydrogen) atoms. The molecular formula is C13H13ClN2O3S2. The van der Waals surface area contributed by atoms with Crippen LogP contribution in [0.1, 0.15) is 10.4 Å². The third-order valence-electron chi connectivity index (χ3n) is 2.55. The molecule has 0 saturated heterocycles. The van der Waals surface area contributed by atoms with Gasteiger partial charge in [-0.2, -0.15) is 0 Å². The predicted octanol–water partition coefficient (Wildman–Crippen LogP) is 2.11. The Hall–Kier alpha value is -1.41. The lowest BCUT2D eigenvalue weighted by atomic mass is 10.2. The van der Waals surface area contributed by atoms with Crippen LogP contribution in [0.4, 0.5) is 0 Å². The zero-order chi connectivity index (χ0) is 15.3. The van der Waals surface area contributed by atoms with Gasteiger partial charge in [0, 0.05) is 23.7 Å². The topological polar surface area (TPSA) is 75.3 Å². The highest BCUT2D eigenvalue weighted by Gasteiger charge is 2.14. The number of nitrogens with one attached hydrogen (secondary N) is 2. The average molecular weight is 345 g/mol. The molecule has 0 spiro atoms. The number of benzene rings is 1. The second-order valence-corrected chi connectivity index (χ2v) is 7.47. The number of carbonyl (C=O) groups is 1. The molecule has 0 saturated carbocycles. The molecule has 112 valence electrons. The number of thiophene rings is 1. The Bertz CT molecular complexity index is 715. The van der Waals surface area contributed by atoms with Gasteiger partial charge in [-0.1, -0.05) is 23.7 Å². The minimum Gasteiger partial charge on any atom is -0.351 e. The van der Waals surface area contributed by atoms with E-state index >= 15 is 0 Å². The quantitative estimate of drug-likeness (QED) is 0.788. The van der Waals surface area contributed by atoms with Crippen LogP contribution in [0.25, 0.3) is 0 Å². The second kappa shape index (κ2) is 7.04. The molecule has 0 aliphatic heterocycles. The Balaban J connectivity index is 1.81. The minimum atomic E-state index is -3.49. The van der Waals surface area contributed by atoms with Crippen molar-refractivity contribution in [1.29, 1.82) is 0 Å². The van der Waals surface area contributed by atoms with E-state index < -0.39 is 10.0 Å². The molecule has 1 aromatic carbocycles. The van der Waals surface area contributed by atoms with E-state index in [1.165, 1.54) is 6.07 Å². The summed E-state index contributed by atoms with van der Waals surface area (Å²) >= 11 is 6.94. The van der Waals surface area contributed by atoms with Crippen LogP contribution in [-0.2, 0) is 10.0 Å². The first-order valence-electron chi connectivity index (χ1n) is 6.06. The molecule has 0 atom stereocenters. The van der Waals surface area contributed by atoms with E-state index in [4.69, 9.17) is 11.6 Å². The lowest BCUT2D eigenvalue weighted by Gasteiger charge is -2.07. The first-order valence-corrected chi connectivity index (χ1v) is 8.80. The van der Waals surface area contributed by atoms with Gasteiger partial charge >= 0.3 is 0 Å². The van der Waals surface area contributed by atoms with E-state index in [-0.39, 0.29) is 23.2 Å². The Kier molecular flexibility index (Phi) is 5.35. The van der Waals surface area contributed by atoms with Gasteiger partial charge in [0.2, 0.25) is 10.0 Å². The first kappa shape index (κ1) is 16.0. The summed E-state index contributed by atoms with van der Waals surface area (Å²) in [5.41, 5.74) is 0.434. The van der Waals surface area contributed by atoms with Gasteiger partial charge in [0.05, 0.1) is 0 Å². The molecule has 0 bridgehead atoms. The molecule has 2 N–H and O–H groups in total. The summed E-state index contributed by atoms with van der Waals surface area (Å²) in [4.78, 5) is 11.8. The summed E-state index contributed by atoms with van der Waals surface area (Å²) in [7, 11) is -3.49. The summed E-state index contributed by atoms with van der Waals surface area (Å²) in [6.07, 6.45) is 0. The molecule has 0 aliphatic carbocycles. The zero-order valence-corrected chi connectivity index (χ0v) is 13.3. The fraction of sp³-hybridized carbons (Fsp3) is 0.154. The summed E-state index contributed by atoms with van der Waals surface area (Å²) < 4.78 is 26.3. The van der Waals surface area contributed by atoms with Crippen molar-refractivity contribution in [2.75, 3.05) is 13.1 Å². The van der Waals surface area contributed by atoms with Crippen LogP contribution in [0.15, 0.2) is 46.0 Å². The van der Waals surface area contributed by atoms with Crippen molar-refractivity contribution in [3.8, 4) is 0 Å². The van der Waals surface area contributed by atoms with Crippen molar-refractivity contribution in [1.82, 2.24) is 10.0 Å². The lowest BCUT2D eigenvalue weighted by Crippen LogP contribution is -2.34. The third kappa shape index (κ3) is 4.53. The minimum absolute atomic E-state index is 0.118. The fourth-order valence-electron chi connectivity index (χ4n) is 1.58. The first-order chi connectivity index (χ1) is 9.99. The SMILES string of the molecule is O=C(NCCNS(=O)(=O)c1cccs1)c1cccc(Cl)c1. The van der Waals surface area contributed by atoms with Crippen molar-refractivity contribution in [3.63, 3.8) is 0 Å². The monoisotopic (exact) mass is 344 g/mol. The molecular weight excluding hydrogens is 332 g/mol. The number of hydrogen-bond acceptors (Lipinski definition) is 4. The van der Waals surface area contributed by atoms with Crippen molar-refractivity contribution in [2.24, 2.45) is 0 Å². The molecule has 2 rings (SSSR count). The van der Waals surface area contributed by atoms with E-state index in [9.17, 15) is 13.2 Å². The van der Waals surface area contributed by atoms with E-state index in [0.29, 0.717) is 10.6 Å². The molecule has 0 unspecified atom stereocenters. The number of halogens is 1. The summed E-state index contributed by atoms with van der Waals surface area (Å²) in [5, 5.41) is 4.79. The van der Waals surface area contributed by atoms with Crippen molar-refractivity contribution >= 4 is 38.9 Å². The normalized spacial score (nSPS) is 11.3. The van der Waals surface area contributed by atoms with E-state index in [1.807, 2.05) is 0 Å². The summed E-state index contributed by atoms with van der Waals surface area (Å²) in [6.45, 7) is 0.308. The number of sulfonamides is 1. The van der Waals surface area contributed by atoms with Crippen LogP contribution in [0, 0.1) is 0 Å². The van der Waals surface area contributed by atoms with Gasteiger partial charge in [-0.25, -0.2) is 13.1 Å². The average Bonchev–Trinajstić information content (AvgIpc) is 2.98. The van der Waals surface area contributed by atoms with Crippen LogP contribution in [-0.4, -0.2) is 27.4 Å². The van der Waals surface area contributed by atoms with E-state index in [2.05, 4.69) is 10.0 Å². The van der Waals surface area contributed by atoms with E-state index in [0.717, 1.165) is 11.3 Å². The molecule has 0 radical (unpaired) electrons. The lowest BCUT2D eigenvalue weighted by molar-refractivity contribution is 0.0954. The number of amides is 1. The maximum absolute atomic E-state index is 11.8. The third-order valence-corrected chi connectivity index (χ3v) is 5.64. The Morgan fingerprint density at radius 3 is 2.67 bits per heavy atom. The highest BCUT2D eigenvalue weighted by molar-refractivity contribution is 7.91. The van der Waals surface area contributed by atoms with Crippen LogP contribution in [0.3, 0.4) is 0 Å².